The molecule has 1 amide bonds. The third-order valence-electron chi connectivity index (χ3n) is 6.19. The lowest BCUT2D eigenvalue weighted by Crippen LogP contribution is -2.31. The minimum Gasteiger partial charge on any atom is -0.481 e. The molecule has 5 nitrogen and oxygen atoms in total. The van der Waals surface area contributed by atoms with E-state index in [1.807, 2.05) is 48.5 Å². The zero-order chi connectivity index (χ0) is 23.6. The number of carbonyl (C=O) groups excluding carboxylic acids is 1. The van der Waals surface area contributed by atoms with Gasteiger partial charge in [-0.15, -0.1) is 0 Å². The molecule has 3 aromatic rings. The highest BCUT2D eigenvalue weighted by Crippen LogP contribution is 2.44. The summed E-state index contributed by atoms with van der Waals surface area (Å²) in [4.78, 5) is 24.1. The van der Waals surface area contributed by atoms with E-state index >= 15 is 0 Å². The topological polar surface area (TPSA) is 75.6 Å². The van der Waals surface area contributed by atoms with Crippen LogP contribution < -0.4 is 5.32 Å². The summed E-state index contributed by atoms with van der Waals surface area (Å²) in [5.41, 5.74) is 6.44. The van der Waals surface area contributed by atoms with Crippen molar-refractivity contribution in [3.05, 3.63) is 95.1 Å². The SMILES string of the molecule is CC(C)(C)c1ccc([C@H](CC(=O)O)NC(=O)OCC2c3ccccc3-c3ccccc32)cc1. The Balaban J connectivity index is 1.47. The van der Waals surface area contributed by atoms with Crippen LogP contribution in [0.1, 0.15) is 61.4 Å². The summed E-state index contributed by atoms with van der Waals surface area (Å²) < 4.78 is 5.61. The van der Waals surface area contributed by atoms with Gasteiger partial charge in [0.05, 0.1) is 12.5 Å². The number of hydrogen-bond acceptors (Lipinski definition) is 3. The van der Waals surface area contributed by atoms with Crippen molar-refractivity contribution >= 4 is 12.1 Å². The van der Waals surface area contributed by atoms with Crippen LogP contribution in [0.15, 0.2) is 72.8 Å². The van der Waals surface area contributed by atoms with Gasteiger partial charge in [0, 0.05) is 5.92 Å². The van der Waals surface area contributed by atoms with Crippen LogP contribution in [0.25, 0.3) is 11.1 Å². The van der Waals surface area contributed by atoms with Crippen LogP contribution in [-0.4, -0.2) is 23.8 Å². The number of carboxylic acids is 1. The van der Waals surface area contributed by atoms with E-state index in [1.165, 1.54) is 0 Å². The molecule has 3 aromatic carbocycles. The second-order valence-electron chi connectivity index (χ2n) is 9.49. The molecule has 0 spiro atoms. The average Bonchev–Trinajstić information content (AvgIpc) is 3.10. The van der Waals surface area contributed by atoms with Crippen molar-refractivity contribution in [2.24, 2.45) is 0 Å². The first-order chi connectivity index (χ1) is 15.7. The Labute approximate surface area is 194 Å². The number of benzene rings is 3. The zero-order valence-corrected chi connectivity index (χ0v) is 19.2. The van der Waals surface area contributed by atoms with Crippen molar-refractivity contribution in [2.75, 3.05) is 6.61 Å². The molecule has 33 heavy (non-hydrogen) atoms. The van der Waals surface area contributed by atoms with Crippen molar-refractivity contribution in [1.29, 1.82) is 0 Å². The first-order valence-corrected chi connectivity index (χ1v) is 11.2. The Kier molecular flexibility index (Phi) is 6.23. The molecule has 5 heteroatoms. The number of rotatable bonds is 6. The van der Waals surface area contributed by atoms with Crippen molar-refractivity contribution < 1.29 is 19.4 Å². The lowest BCUT2D eigenvalue weighted by atomic mass is 9.86. The zero-order valence-electron chi connectivity index (χ0n) is 19.2. The van der Waals surface area contributed by atoms with Gasteiger partial charge >= 0.3 is 12.1 Å². The predicted octanol–water partition coefficient (Wildman–Crippen LogP) is 6.04. The Hall–Kier alpha value is -3.60. The largest absolute Gasteiger partial charge is 0.481 e. The average molecular weight is 444 g/mol. The van der Waals surface area contributed by atoms with Crippen LogP contribution in [0.2, 0.25) is 0 Å². The lowest BCUT2D eigenvalue weighted by molar-refractivity contribution is -0.137. The number of amides is 1. The van der Waals surface area contributed by atoms with Crippen molar-refractivity contribution in [1.82, 2.24) is 5.32 Å². The number of nitrogens with one attached hydrogen (secondary N) is 1. The minimum absolute atomic E-state index is 0.0128. The van der Waals surface area contributed by atoms with Gasteiger partial charge in [-0.25, -0.2) is 4.79 Å². The fraction of sp³-hybridized carbons (Fsp3) is 0.286. The molecule has 0 saturated heterocycles. The molecule has 1 atom stereocenters. The van der Waals surface area contributed by atoms with E-state index < -0.39 is 18.1 Å². The summed E-state index contributed by atoms with van der Waals surface area (Å²) in [7, 11) is 0. The number of aliphatic carboxylic acids is 1. The van der Waals surface area contributed by atoms with E-state index in [0.29, 0.717) is 0 Å². The van der Waals surface area contributed by atoms with Gasteiger partial charge in [-0.1, -0.05) is 93.6 Å². The third kappa shape index (κ3) is 4.92. The van der Waals surface area contributed by atoms with Crippen LogP contribution in [0.4, 0.5) is 4.79 Å². The van der Waals surface area contributed by atoms with Gasteiger partial charge in [0.2, 0.25) is 0 Å². The van der Waals surface area contributed by atoms with Gasteiger partial charge < -0.3 is 15.2 Å². The van der Waals surface area contributed by atoms with E-state index in [1.54, 1.807) is 0 Å². The van der Waals surface area contributed by atoms with Crippen molar-refractivity contribution in [3.63, 3.8) is 0 Å². The van der Waals surface area contributed by atoms with Gasteiger partial charge in [0.15, 0.2) is 0 Å². The quantitative estimate of drug-likeness (QED) is 0.487. The van der Waals surface area contributed by atoms with Crippen LogP contribution in [0.5, 0.6) is 0 Å². The fourth-order valence-corrected chi connectivity index (χ4v) is 4.42. The summed E-state index contributed by atoms with van der Waals surface area (Å²) in [5, 5.41) is 12.1. The number of alkyl carbamates (subject to hydrolysis) is 1. The van der Waals surface area contributed by atoms with Gasteiger partial charge in [-0.05, 0) is 38.8 Å². The van der Waals surface area contributed by atoms with E-state index in [0.717, 1.165) is 33.4 Å². The standard InChI is InChI=1S/C28H29NO4/c1-28(2,3)19-14-12-18(13-15-19)25(16-26(30)31)29-27(32)33-17-24-22-10-6-4-8-20(22)21-9-5-7-11-23(21)24/h4-15,24-25H,16-17H2,1-3H3,(H,29,32)(H,30,31)/t25-/m0/s1. The number of fused-ring (bicyclic) bond motifs is 3. The molecule has 0 bridgehead atoms. The highest BCUT2D eigenvalue weighted by Gasteiger charge is 2.29. The first-order valence-electron chi connectivity index (χ1n) is 11.2. The second kappa shape index (κ2) is 9.10. The van der Waals surface area contributed by atoms with Crippen LogP contribution in [-0.2, 0) is 14.9 Å². The number of carboxylic acid groups (broad SMARTS) is 1. The molecular formula is C28H29NO4. The van der Waals surface area contributed by atoms with Crippen molar-refractivity contribution in [2.45, 2.75) is 44.6 Å². The smallest absolute Gasteiger partial charge is 0.407 e. The molecule has 0 unspecified atom stereocenters. The Morgan fingerprint density at radius 1 is 0.909 bits per heavy atom. The number of carbonyl (C=O) groups is 2. The second-order valence-corrected chi connectivity index (χ2v) is 9.49. The number of ether oxygens (including phenoxy) is 1. The summed E-state index contributed by atoms with van der Waals surface area (Å²) >= 11 is 0. The highest BCUT2D eigenvalue weighted by atomic mass is 16.5. The van der Waals surface area contributed by atoms with Gasteiger partial charge in [0.1, 0.15) is 6.61 Å². The van der Waals surface area contributed by atoms with Crippen molar-refractivity contribution in [3.8, 4) is 11.1 Å². The lowest BCUT2D eigenvalue weighted by Gasteiger charge is -2.22. The monoisotopic (exact) mass is 443 g/mol. The van der Waals surface area contributed by atoms with Gasteiger partial charge in [-0.3, -0.25) is 4.79 Å². The number of hydrogen-bond donors (Lipinski definition) is 2. The Bertz CT molecular complexity index is 1120. The molecule has 1 aliphatic rings. The maximum atomic E-state index is 12.7. The normalized spacial score (nSPS) is 13.7. The highest BCUT2D eigenvalue weighted by molar-refractivity contribution is 5.79. The summed E-state index contributed by atoms with van der Waals surface area (Å²) in [5.74, 6) is -1.04. The Morgan fingerprint density at radius 2 is 1.45 bits per heavy atom. The molecule has 2 N–H and O–H groups in total. The molecule has 0 radical (unpaired) electrons. The van der Waals surface area contributed by atoms with E-state index in [4.69, 9.17) is 4.74 Å². The van der Waals surface area contributed by atoms with Crippen LogP contribution in [0.3, 0.4) is 0 Å². The molecule has 0 aliphatic heterocycles. The molecule has 4 rings (SSSR count). The molecule has 0 aromatic heterocycles. The van der Waals surface area contributed by atoms with E-state index in [-0.39, 0.29) is 24.4 Å². The summed E-state index contributed by atoms with van der Waals surface area (Å²) in [6, 6.07) is 23.3. The fourth-order valence-electron chi connectivity index (χ4n) is 4.42. The van der Waals surface area contributed by atoms with E-state index in [9.17, 15) is 14.7 Å². The molecule has 0 saturated carbocycles. The first kappa shape index (κ1) is 22.6. The van der Waals surface area contributed by atoms with Gasteiger partial charge in [0.25, 0.3) is 0 Å². The summed E-state index contributed by atoms with van der Waals surface area (Å²) in [6.45, 7) is 6.53. The maximum absolute atomic E-state index is 12.7. The maximum Gasteiger partial charge on any atom is 0.407 e. The Morgan fingerprint density at radius 3 is 1.97 bits per heavy atom. The predicted molar refractivity (Wildman–Crippen MR) is 128 cm³/mol. The molecule has 170 valence electrons. The minimum atomic E-state index is -0.987. The summed E-state index contributed by atoms with van der Waals surface area (Å²) in [6.07, 6.45) is -0.845. The van der Waals surface area contributed by atoms with Gasteiger partial charge in [-0.2, -0.15) is 0 Å². The van der Waals surface area contributed by atoms with Crippen LogP contribution >= 0.6 is 0 Å². The molecule has 1 aliphatic carbocycles. The molecular weight excluding hydrogens is 414 g/mol. The van der Waals surface area contributed by atoms with E-state index in [2.05, 4.69) is 50.4 Å². The van der Waals surface area contributed by atoms with Crippen LogP contribution in [0, 0.1) is 0 Å². The molecule has 0 fully saturated rings. The third-order valence-corrected chi connectivity index (χ3v) is 6.19. The molecule has 0 heterocycles.